The molecule has 0 amide bonds. The van der Waals surface area contributed by atoms with Crippen molar-refractivity contribution in [3.8, 4) is 245 Å². The van der Waals surface area contributed by atoms with Crippen molar-refractivity contribution in [3.05, 3.63) is 134 Å². The maximum Gasteiger partial charge on any atom is 0.344 e. The zero-order valence-electron chi connectivity index (χ0n) is 70.7. The number of ether oxygens (including phenoxy) is 13. The fourth-order valence-electron chi connectivity index (χ4n) is 16.5. The Morgan fingerprint density at radius 2 is 0.483 bits per heavy atom. The number of cyclic esters (lactones) is 2. The van der Waals surface area contributed by atoms with Crippen LogP contribution >= 0.6 is 0 Å². The van der Waals surface area contributed by atoms with E-state index in [4.69, 9.17) is 61.6 Å². The molecule has 32 N–H and O–H groups in total. The largest absolute Gasteiger partial charge is 0.504 e. The van der Waals surface area contributed by atoms with E-state index in [0.29, 0.717) is 6.07 Å². The van der Waals surface area contributed by atoms with Crippen molar-refractivity contribution in [1.29, 1.82) is 0 Å². The molecule has 11 aromatic carbocycles. The van der Waals surface area contributed by atoms with Crippen LogP contribution in [0.2, 0.25) is 0 Å². The Balaban J connectivity index is 0.785. The molecule has 2 fully saturated rings. The second kappa shape index (κ2) is 34.4. The number of carbonyl (C=O) groups is 11. The van der Waals surface area contributed by atoms with Gasteiger partial charge in [-0.05, 0) is 66.7 Å². The fraction of sp³-hybridized carbons (Fsp3) is 0.135. The monoisotopic (exact) mass is 2020 g/mol. The summed E-state index contributed by atoms with van der Waals surface area (Å²) in [6, 6.07) is 2.70. The number of carbonyl (C=O) groups excluding carboxylic acids is 10. The lowest BCUT2D eigenvalue weighted by Gasteiger charge is -2.44. The van der Waals surface area contributed by atoms with Crippen LogP contribution in [0.3, 0.4) is 0 Å². The molecule has 2 saturated heterocycles. The zero-order chi connectivity index (χ0) is 105. The highest BCUT2D eigenvalue weighted by atomic mass is 16.8. The maximum absolute atomic E-state index is 15.7. The van der Waals surface area contributed by atoms with E-state index in [1.165, 1.54) is 0 Å². The number of aromatic hydroxyl groups is 31. The molecule has 6 aliphatic rings. The number of esters is 10. The summed E-state index contributed by atoms with van der Waals surface area (Å²) >= 11 is 0. The van der Waals surface area contributed by atoms with Gasteiger partial charge in [-0.15, -0.1) is 0 Å². The van der Waals surface area contributed by atoms with E-state index in [1.54, 1.807) is 0 Å². The van der Waals surface area contributed by atoms with E-state index < -0.39 is 447 Å². The van der Waals surface area contributed by atoms with E-state index >= 15 is 38.4 Å². The van der Waals surface area contributed by atoms with E-state index in [9.17, 15) is 178 Å². The van der Waals surface area contributed by atoms with Gasteiger partial charge in [0.2, 0.25) is 88.0 Å². The molecule has 6 heterocycles. The standard InChI is InChI=1S/C89H58O56/c90-27-1-15(78(123)144-88-75-73(140-83(128)22-8-32(95)55(106)65(116)45(22)47-24(85(130)142-75)10-34(97)57(108)67(47)118)71-38(136-88)13-133-79(124)19-5-29(92)52(103)62(113)42(19)41-18(81(126)138-71)3-16(49(100)61(41)112)40-17(77(121)122)4-28(91)51(102)60(40)111)2-37(50(27)101)135-70-26(12-36(99)59(110)69(70)120)87(132)145-89-76-74(141-84(129)23-9-33(96)56(107)66(117)46(23)48-25(86(131)143-76)11-35(98)58(109)68(48)119)72-39(137-89)14-134-80(125)20-6-30(93)53(104)63(114)43(20)44-21(82(127)139-72)7-31(94)54(105)64(44)115/h1-12,38-39,71-76,88-120H,13-14H2,(H,121,122)/t38-,39-,71-,72-,73+,74+,75-,76-,88+,89+/m1/s1. The number of phenols is 31. The minimum Gasteiger partial charge on any atom is -0.504 e. The van der Waals surface area contributed by atoms with Crippen LogP contribution in [0.15, 0.2) is 72.8 Å². The average Bonchev–Trinajstić information content (AvgIpc) is 1.57. The van der Waals surface area contributed by atoms with Gasteiger partial charge in [0.25, 0.3) is 0 Å². The third-order valence-electron chi connectivity index (χ3n) is 23.3. The summed E-state index contributed by atoms with van der Waals surface area (Å²) < 4.78 is 75.1. The second-order valence-electron chi connectivity index (χ2n) is 31.7. The molecule has 0 bridgehead atoms. The average molecular weight is 2020 g/mol. The highest BCUT2D eigenvalue weighted by molar-refractivity contribution is 6.15. The number of rotatable bonds is 8. The van der Waals surface area contributed by atoms with Crippen molar-refractivity contribution in [1.82, 2.24) is 0 Å². The first-order valence-electron chi connectivity index (χ1n) is 40.2. The van der Waals surface area contributed by atoms with Crippen molar-refractivity contribution in [3.63, 3.8) is 0 Å². The Kier molecular flexibility index (Phi) is 22.7. The van der Waals surface area contributed by atoms with Crippen molar-refractivity contribution in [2.45, 2.75) is 61.4 Å². The smallest absolute Gasteiger partial charge is 0.344 e. The Morgan fingerprint density at radius 3 is 0.800 bits per heavy atom. The molecule has 56 heteroatoms. The van der Waals surface area contributed by atoms with Crippen LogP contribution in [0.25, 0.3) is 55.6 Å². The quantitative estimate of drug-likeness (QED) is 0.0567. The van der Waals surface area contributed by atoms with Gasteiger partial charge < -0.3 is 225 Å². The summed E-state index contributed by atoms with van der Waals surface area (Å²) in [5.41, 5.74) is -28.4. The molecule has 17 rings (SSSR count). The number of aromatic carboxylic acids is 1. The highest BCUT2D eigenvalue weighted by Crippen LogP contribution is 2.62. The third kappa shape index (κ3) is 15.2. The lowest BCUT2D eigenvalue weighted by Crippen LogP contribution is -2.63. The third-order valence-corrected chi connectivity index (χ3v) is 23.3. The summed E-state index contributed by atoms with van der Waals surface area (Å²) in [5, 5.41) is 358. The number of benzene rings is 11. The normalized spacial score (nSPS) is 19.5. The fourth-order valence-corrected chi connectivity index (χ4v) is 16.5. The molecule has 0 aliphatic carbocycles. The molecule has 0 radical (unpaired) electrons. The van der Waals surface area contributed by atoms with Gasteiger partial charge in [0.15, 0.2) is 151 Å². The van der Waals surface area contributed by atoms with E-state index in [0.717, 1.165) is 0 Å². The molecule has 10 atom stereocenters. The molecule has 0 saturated carbocycles. The van der Waals surface area contributed by atoms with Gasteiger partial charge in [-0.2, -0.15) is 0 Å². The number of fused-ring (bicyclic) bond motifs is 18. The van der Waals surface area contributed by atoms with Gasteiger partial charge in [0, 0.05) is 61.7 Å². The molecule has 6 aliphatic heterocycles. The molecule has 56 nitrogen and oxygen atoms in total. The predicted octanol–water partition coefficient (Wildman–Crippen LogP) is 4.47. The number of hydrogen-bond donors (Lipinski definition) is 32. The first-order valence-corrected chi connectivity index (χ1v) is 40.2. The number of hydrogen-bond acceptors (Lipinski definition) is 55. The van der Waals surface area contributed by atoms with E-state index in [2.05, 4.69) is 0 Å². The summed E-state index contributed by atoms with van der Waals surface area (Å²) in [7, 11) is 0. The first kappa shape index (κ1) is 95.8. The summed E-state index contributed by atoms with van der Waals surface area (Å²) in [5.74, 6) is -76.2. The van der Waals surface area contributed by atoms with Gasteiger partial charge >= 0.3 is 65.7 Å². The Labute approximate surface area is 794 Å². The van der Waals surface area contributed by atoms with Crippen molar-refractivity contribution in [2.24, 2.45) is 0 Å². The molecule has 750 valence electrons. The van der Waals surface area contributed by atoms with Gasteiger partial charge in [-0.3, -0.25) is 0 Å². The maximum atomic E-state index is 15.7. The van der Waals surface area contributed by atoms with Crippen molar-refractivity contribution < 1.29 is 278 Å². The number of phenolic OH excluding ortho intramolecular Hbond substituents is 31. The van der Waals surface area contributed by atoms with Gasteiger partial charge in [0.05, 0.1) is 55.6 Å². The topological polar surface area (TPSA) is 955 Å². The van der Waals surface area contributed by atoms with Crippen LogP contribution in [-0.4, -0.2) is 304 Å². The van der Waals surface area contributed by atoms with E-state index in [1.807, 2.05) is 0 Å². The van der Waals surface area contributed by atoms with Crippen LogP contribution in [0, 0.1) is 0 Å². The van der Waals surface area contributed by atoms with Crippen molar-refractivity contribution in [2.75, 3.05) is 13.2 Å². The lowest BCUT2D eigenvalue weighted by molar-refractivity contribution is -0.283. The minimum atomic E-state index is -3.12. The Bertz CT molecular complexity index is 7720. The van der Waals surface area contributed by atoms with Crippen LogP contribution in [0.1, 0.15) is 114 Å². The Morgan fingerprint density at radius 1 is 0.234 bits per heavy atom. The summed E-state index contributed by atoms with van der Waals surface area (Å²) in [6.07, 6.45) is -29.3. The van der Waals surface area contributed by atoms with Crippen LogP contribution in [0.5, 0.6) is 190 Å². The van der Waals surface area contributed by atoms with Crippen molar-refractivity contribution >= 4 is 65.7 Å². The highest BCUT2D eigenvalue weighted by Gasteiger charge is 2.60. The summed E-state index contributed by atoms with van der Waals surface area (Å²) in [4.78, 5) is 165. The number of carboxylic acid groups (broad SMARTS) is 1. The van der Waals surface area contributed by atoms with Gasteiger partial charge in [-0.1, -0.05) is 0 Å². The van der Waals surface area contributed by atoms with Crippen LogP contribution in [-0.2, 0) is 56.8 Å². The predicted molar refractivity (Wildman–Crippen MR) is 448 cm³/mol. The molecule has 11 aromatic rings. The Hall–Kier alpha value is -20.9. The number of carboxylic acids is 1. The molecule has 0 aromatic heterocycles. The molecule has 0 unspecified atom stereocenters. The first-order chi connectivity index (χ1) is 68.2. The molecule has 145 heavy (non-hydrogen) atoms. The molecular weight excluding hydrogens is 1960 g/mol. The molecule has 0 spiro atoms. The van der Waals surface area contributed by atoms with Gasteiger partial charge in [0.1, 0.15) is 31.0 Å². The van der Waals surface area contributed by atoms with E-state index in [-0.39, 0.29) is 66.7 Å². The summed E-state index contributed by atoms with van der Waals surface area (Å²) in [6.45, 7) is -3.26. The van der Waals surface area contributed by atoms with Gasteiger partial charge in [-0.25, -0.2) is 52.7 Å². The SMILES string of the molecule is O=C(O[C@@H]1O[C@@H]2COC(=O)c3cc(O)c(O)c(O)c3-c3c(cc(-c4c(C(=O)O)cc(O)c(O)c4O)c(O)c3O)C(=O)O[C@H]2[C@@H]2OC(=O)c3cc(O)c(O)c(O)c3-c3c(cc(O)c(O)c3O)C(=O)O[C@@H]12)c1cc(O)c(O)c(Oc2c(C(=O)O[C@@H]3O[C@@H]4COC(=O)c5cc(O)c(O)c(O)c5-c5c(cc(O)c(O)c5O)C(=O)O[C@H]4[C@@H]4OC(=O)c5cc(O)c(O)c(O)c5-c5c(cc(O)c(O)c5O)C(=O)O[C@@H]34)cc(O)c(O)c2O)c1. The lowest BCUT2D eigenvalue weighted by atomic mass is 9.87. The zero-order valence-corrected chi connectivity index (χ0v) is 70.7. The van der Waals surface area contributed by atoms with Crippen LogP contribution in [0.4, 0.5) is 0 Å². The molecular formula is C89H58O56. The minimum absolute atomic E-state index is 0.0833. The second-order valence-corrected chi connectivity index (χ2v) is 31.7. The van der Waals surface area contributed by atoms with Crippen LogP contribution < -0.4 is 4.74 Å².